The van der Waals surface area contributed by atoms with Gasteiger partial charge in [-0.15, -0.1) is 11.8 Å². The predicted octanol–water partition coefficient (Wildman–Crippen LogP) is 0.0373. The number of hydrogen-bond donors (Lipinski definition) is 1. The van der Waals surface area contributed by atoms with Crippen molar-refractivity contribution in [2.24, 2.45) is 0 Å². The van der Waals surface area contributed by atoms with E-state index in [-0.39, 0.29) is 18.6 Å². The van der Waals surface area contributed by atoms with Crippen LogP contribution in [0, 0.1) is 0 Å². The first-order valence-corrected chi connectivity index (χ1v) is 8.72. The van der Waals surface area contributed by atoms with Crippen molar-refractivity contribution in [1.29, 1.82) is 0 Å². The van der Waals surface area contributed by atoms with Gasteiger partial charge in [-0.25, -0.2) is 9.78 Å². The number of pyridine rings is 1. The minimum Gasteiger partial charge on any atom is -0.323 e. The Morgan fingerprint density at radius 2 is 2.00 bits per heavy atom. The first-order valence-electron chi connectivity index (χ1n) is 6.37. The van der Waals surface area contributed by atoms with Crippen molar-refractivity contribution >= 4 is 39.9 Å². The van der Waals surface area contributed by atoms with Gasteiger partial charge in [0, 0.05) is 24.8 Å². The quantitative estimate of drug-likeness (QED) is 0.424. The van der Waals surface area contributed by atoms with Gasteiger partial charge in [0.05, 0.1) is 5.03 Å². The Morgan fingerprint density at radius 1 is 1.35 bits per heavy atom. The summed E-state index contributed by atoms with van der Waals surface area (Å²) in [6, 6.07) is 3.56. The highest BCUT2D eigenvalue weighted by atomic mass is 32.3. The van der Waals surface area contributed by atoms with E-state index in [0.29, 0.717) is 9.93 Å². The lowest BCUT2D eigenvalue weighted by atomic mass is 10.3. The molecule has 1 fully saturated rings. The topological polar surface area (TPSA) is 131 Å². The maximum atomic E-state index is 11.9. The summed E-state index contributed by atoms with van der Waals surface area (Å²) in [4.78, 5) is 40.1. The van der Waals surface area contributed by atoms with E-state index in [1.54, 1.807) is 18.2 Å². The van der Waals surface area contributed by atoms with E-state index < -0.39 is 34.2 Å². The normalized spacial score (nSPS) is 16.5. The Kier molecular flexibility index (Phi) is 5.34. The molecule has 11 heteroatoms. The van der Waals surface area contributed by atoms with Crippen molar-refractivity contribution in [1.82, 2.24) is 9.88 Å². The van der Waals surface area contributed by atoms with Gasteiger partial charge in [-0.3, -0.25) is 19.0 Å². The minimum absolute atomic E-state index is 0.0667. The average Bonchev–Trinajstić information content (AvgIpc) is 2.79. The van der Waals surface area contributed by atoms with Crippen molar-refractivity contribution in [2.45, 2.75) is 23.9 Å². The van der Waals surface area contributed by atoms with Gasteiger partial charge in [-0.05, 0) is 12.1 Å². The molecule has 2 amide bonds. The third-order valence-electron chi connectivity index (χ3n) is 2.89. The number of imide groups is 1. The van der Waals surface area contributed by atoms with Crippen LogP contribution in [0.25, 0.3) is 0 Å². The Labute approximate surface area is 136 Å². The van der Waals surface area contributed by atoms with Gasteiger partial charge in [0.2, 0.25) is 11.8 Å². The van der Waals surface area contributed by atoms with Crippen molar-refractivity contribution < 1.29 is 31.5 Å². The lowest BCUT2D eigenvalue weighted by molar-refractivity contribution is -0.151. The molecule has 9 nitrogen and oxygen atoms in total. The molecule has 0 bridgehead atoms. The van der Waals surface area contributed by atoms with E-state index >= 15 is 0 Å². The van der Waals surface area contributed by atoms with Gasteiger partial charge in [0.1, 0.15) is 6.04 Å². The molecule has 2 heterocycles. The molecule has 0 aromatic carbocycles. The standard InChI is InChI=1S/C12H12N2O7S2/c15-10-4-5-11(16)14(10)8(12(17)21-23(18,19)20)7-22-9-3-1-2-6-13-9/h1-3,6,8H,4-5,7H2,(H,18,19,20). The summed E-state index contributed by atoms with van der Waals surface area (Å²) in [5.74, 6) is -2.76. The fourth-order valence-corrected chi connectivity index (χ4v) is 3.19. The van der Waals surface area contributed by atoms with Gasteiger partial charge >= 0.3 is 16.4 Å². The molecule has 0 spiro atoms. The monoisotopic (exact) mass is 360 g/mol. The largest absolute Gasteiger partial charge is 0.449 e. The zero-order valence-electron chi connectivity index (χ0n) is 11.6. The van der Waals surface area contributed by atoms with E-state index in [1.807, 2.05) is 0 Å². The Balaban J connectivity index is 2.18. The van der Waals surface area contributed by atoms with Crippen LogP contribution in [0.15, 0.2) is 29.4 Å². The fraction of sp³-hybridized carbons (Fsp3) is 0.333. The number of carbonyl (C=O) groups is 3. The van der Waals surface area contributed by atoms with E-state index in [2.05, 4.69) is 9.17 Å². The van der Waals surface area contributed by atoms with Gasteiger partial charge < -0.3 is 4.18 Å². The summed E-state index contributed by atoms with van der Waals surface area (Å²) in [5.41, 5.74) is 0. The second-order valence-electron chi connectivity index (χ2n) is 4.48. The van der Waals surface area contributed by atoms with Crippen LogP contribution in [-0.4, -0.2) is 52.4 Å². The Hall–Kier alpha value is -1.98. The number of thioether (sulfide) groups is 1. The molecule has 0 radical (unpaired) electrons. The van der Waals surface area contributed by atoms with Crippen LogP contribution in [0.4, 0.5) is 0 Å². The zero-order chi connectivity index (χ0) is 17.0. The third-order valence-corrected chi connectivity index (χ3v) is 4.28. The second kappa shape index (κ2) is 7.06. The first-order chi connectivity index (χ1) is 10.8. The summed E-state index contributed by atoms with van der Waals surface area (Å²) >= 11 is 1.04. The lowest BCUT2D eigenvalue weighted by Crippen LogP contribution is -2.47. The number of carbonyl (C=O) groups excluding carboxylic acids is 3. The van der Waals surface area contributed by atoms with Crippen LogP contribution in [-0.2, 0) is 29.0 Å². The van der Waals surface area contributed by atoms with Crippen molar-refractivity contribution in [2.75, 3.05) is 5.75 Å². The van der Waals surface area contributed by atoms with E-state index in [9.17, 15) is 22.8 Å². The van der Waals surface area contributed by atoms with Gasteiger partial charge in [0.15, 0.2) is 0 Å². The molecule has 1 saturated heterocycles. The molecule has 1 atom stereocenters. The molecule has 1 aliphatic heterocycles. The highest BCUT2D eigenvalue weighted by Gasteiger charge is 2.41. The van der Waals surface area contributed by atoms with Crippen LogP contribution < -0.4 is 0 Å². The van der Waals surface area contributed by atoms with Crippen molar-refractivity contribution in [3.8, 4) is 0 Å². The molecule has 1 aromatic heterocycles. The maximum Gasteiger partial charge on any atom is 0.449 e. The van der Waals surface area contributed by atoms with Crippen LogP contribution in [0.5, 0.6) is 0 Å². The van der Waals surface area contributed by atoms with Crippen LogP contribution >= 0.6 is 11.8 Å². The van der Waals surface area contributed by atoms with Gasteiger partial charge in [-0.2, -0.15) is 8.42 Å². The van der Waals surface area contributed by atoms with Crippen LogP contribution in [0.2, 0.25) is 0 Å². The van der Waals surface area contributed by atoms with E-state index in [0.717, 1.165) is 11.8 Å². The van der Waals surface area contributed by atoms with Crippen LogP contribution in [0.1, 0.15) is 12.8 Å². The number of nitrogens with zero attached hydrogens (tertiary/aromatic N) is 2. The Morgan fingerprint density at radius 3 is 2.52 bits per heavy atom. The summed E-state index contributed by atoms with van der Waals surface area (Å²) in [6.07, 6.45) is 1.38. The SMILES string of the molecule is O=C(OS(=O)(=O)O)C(CSc1ccccn1)N1C(=O)CCC1=O. The second-order valence-corrected chi connectivity index (χ2v) is 6.54. The molecular formula is C12H12N2O7S2. The van der Waals surface area contributed by atoms with Crippen molar-refractivity contribution in [3.63, 3.8) is 0 Å². The molecule has 124 valence electrons. The number of rotatable bonds is 6. The molecule has 0 saturated carbocycles. The Bertz CT molecular complexity index is 704. The summed E-state index contributed by atoms with van der Waals surface area (Å²) in [6.45, 7) is 0. The van der Waals surface area contributed by atoms with Gasteiger partial charge in [-0.1, -0.05) is 6.07 Å². The highest BCUT2D eigenvalue weighted by molar-refractivity contribution is 7.99. The van der Waals surface area contributed by atoms with Gasteiger partial charge in [0.25, 0.3) is 0 Å². The summed E-state index contributed by atoms with van der Waals surface area (Å²) in [5, 5.41) is 0.510. The number of likely N-dealkylation sites (tertiary alicyclic amines) is 1. The molecule has 23 heavy (non-hydrogen) atoms. The van der Waals surface area contributed by atoms with Crippen molar-refractivity contribution in [3.05, 3.63) is 24.4 Å². The third kappa shape index (κ3) is 4.74. The number of amides is 2. The molecular weight excluding hydrogens is 348 g/mol. The number of aromatic nitrogens is 1. The van der Waals surface area contributed by atoms with Crippen LogP contribution in [0.3, 0.4) is 0 Å². The molecule has 1 unspecified atom stereocenters. The fourth-order valence-electron chi connectivity index (χ4n) is 1.95. The van der Waals surface area contributed by atoms with E-state index in [4.69, 9.17) is 4.55 Å². The molecule has 2 rings (SSSR count). The molecule has 1 N–H and O–H groups in total. The predicted molar refractivity (Wildman–Crippen MR) is 77.5 cm³/mol. The summed E-state index contributed by atoms with van der Waals surface area (Å²) < 4.78 is 33.9. The first kappa shape index (κ1) is 17.4. The highest BCUT2D eigenvalue weighted by Crippen LogP contribution is 2.23. The average molecular weight is 360 g/mol. The molecule has 1 aromatic rings. The van der Waals surface area contributed by atoms with E-state index in [1.165, 1.54) is 6.20 Å². The smallest absolute Gasteiger partial charge is 0.323 e. The summed E-state index contributed by atoms with van der Waals surface area (Å²) in [7, 11) is -5.04. The lowest BCUT2D eigenvalue weighted by Gasteiger charge is -2.23. The maximum absolute atomic E-state index is 11.9. The molecule has 1 aliphatic rings. The minimum atomic E-state index is -5.04. The zero-order valence-corrected chi connectivity index (χ0v) is 13.2. The number of hydrogen-bond acceptors (Lipinski definition) is 8. The molecule has 0 aliphatic carbocycles.